The van der Waals surface area contributed by atoms with Crippen molar-refractivity contribution in [2.45, 2.75) is 39.5 Å². The molecule has 0 aromatic carbocycles. The average Bonchev–Trinajstić information content (AvgIpc) is 2.63. The molecule has 19 heavy (non-hydrogen) atoms. The minimum absolute atomic E-state index is 0.139. The van der Waals surface area contributed by atoms with Crippen LogP contribution < -0.4 is 0 Å². The second kappa shape index (κ2) is 4.64. The number of nitrogens with zero attached hydrogens (tertiary/aromatic N) is 3. The topological polar surface area (TPSA) is 64.4 Å². The van der Waals surface area contributed by atoms with Crippen molar-refractivity contribution in [1.29, 1.82) is 0 Å². The van der Waals surface area contributed by atoms with Crippen molar-refractivity contribution in [3.05, 3.63) is 17.5 Å². The lowest BCUT2D eigenvalue weighted by molar-refractivity contribution is 0.0191. The van der Waals surface area contributed by atoms with Crippen molar-refractivity contribution in [3.63, 3.8) is 0 Å². The Bertz CT molecular complexity index is 519. The van der Waals surface area contributed by atoms with E-state index in [1.165, 1.54) is 9.47 Å². The molecule has 104 valence electrons. The smallest absolute Gasteiger partial charge is 0.410 e. The fourth-order valence-corrected chi connectivity index (χ4v) is 1.87. The Hall–Kier alpha value is -1.92. The predicted octanol–water partition coefficient (Wildman–Crippen LogP) is 1.59. The lowest BCUT2D eigenvalue weighted by Gasteiger charge is -2.30. The zero-order valence-corrected chi connectivity index (χ0v) is 11.1. The second-order valence-corrected chi connectivity index (χ2v) is 5.38. The molecule has 2 rings (SSSR count). The highest BCUT2D eigenvalue weighted by Crippen LogP contribution is 2.18. The van der Waals surface area contributed by atoms with E-state index in [4.69, 9.17) is 4.74 Å². The maximum absolute atomic E-state index is 13.6. The third-order valence-electron chi connectivity index (χ3n) is 2.70. The van der Waals surface area contributed by atoms with E-state index in [0.29, 0.717) is 18.7 Å². The highest BCUT2D eigenvalue weighted by Gasteiger charge is 2.29. The summed E-state index contributed by atoms with van der Waals surface area (Å²) in [4.78, 5) is 27.8. The maximum Gasteiger partial charge on any atom is 0.410 e. The summed E-state index contributed by atoms with van der Waals surface area (Å²) in [6, 6.07) is 0. The number of rotatable bonds is 1. The van der Waals surface area contributed by atoms with E-state index >= 15 is 0 Å². The van der Waals surface area contributed by atoms with Gasteiger partial charge in [0.25, 0.3) is 0 Å². The maximum atomic E-state index is 13.6. The third kappa shape index (κ3) is 2.74. The number of aldehydes is 1. The van der Waals surface area contributed by atoms with Gasteiger partial charge in [0.2, 0.25) is 5.95 Å². The Balaban J connectivity index is 2.14. The molecule has 0 bridgehead atoms. The van der Waals surface area contributed by atoms with Crippen molar-refractivity contribution < 1.29 is 18.7 Å². The molecule has 0 fully saturated rings. The number of aromatic nitrogens is 2. The summed E-state index contributed by atoms with van der Waals surface area (Å²) in [5.74, 6) is -0.287. The molecule has 0 spiro atoms. The van der Waals surface area contributed by atoms with Gasteiger partial charge in [-0.3, -0.25) is 9.69 Å². The van der Waals surface area contributed by atoms with Crippen LogP contribution in [0.15, 0.2) is 0 Å². The Morgan fingerprint density at radius 3 is 2.68 bits per heavy atom. The van der Waals surface area contributed by atoms with Crippen LogP contribution in [0.25, 0.3) is 0 Å². The van der Waals surface area contributed by atoms with E-state index in [0.717, 1.165) is 0 Å². The van der Waals surface area contributed by atoms with Crippen LogP contribution in [0.2, 0.25) is 0 Å². The summed E-state index contributed by atoms with van der Waals surface area (Å²) in [5.41, 5.74) is -0.801. The Kier molecular flexibility index (Phi) is 3.30. The van der Waals surface area contributed by atoms with Gasteiger partial charge in [0, 0.05) is 13.1 Å². The highest BCUT2D eigenvalue weighted by atomic mass is 19.1. The van der Waals surface area contributed by atoms with Crippen molar-refractivity contribution in [2.24, 2.45) is 0 Å². The van der Waals surface area contributed by atoms with Gasteiger partial charge in [-0.25, -0.2) is 9.78 Å². The van der Waals surface area contributed by atoms with Gasteiger partial charge in [-0.1, -0.05) is 0 Å². The molecule has 1 aliphatic rings. The van der Waals surface area contributed by atoms with Crippen LogP contribution in [-0.2, 0) is 17.8 Å². The monoisotopic (exact) mass is 269 g/mol. The molecule has 1 aromatic rings. The molecule has 0 saturated carbocycles. The van der Waals surface area contributed by atoms with Crippen LogP contribution >= 0.6 is 0 Å². The normalized spacial score (nSPS) is 15.1. The van der Waals surface area contributed by atoms with E-state index in [1.807, 2.05) is 0 Å². The van der Waals surface area contributed by atoms with Gasteiger partial charge in [0.1, 0.15) is 11.4 Å². The van der Waals surface area contributed by atoms with Crippen LogP contribution in [0.5, 0.6) is 0 Å². The summed E-state index contributed by atoms with van der Waals surface area (Å²) in [6.07, 6.45) is -0.0897. The first-order chi connectivity index (χ1) is 8.81. The van der Waals surface area contributed by atoms with E-state index in [9.17, 15) is 14.0 Å². The molecule has 1 aromatic heterocycles. The minimum Gasteiger partial charge on any atom is -0.444 e. The van der Waals surface area contributed by atoms with Gasteiger partial charge in [-0.2, -0.15) is 4.39 Å². The van der Waals surface area contributed by atoms with Crippen molar-refractivity contribution in [1.82, 2.24) is 14.5 Å². The molecule has 2 heterocycles. The standard InChI is InChI=1S/C12H16FN3O3/c1-12(2,3)19-11(18)15-4-5-16-9(6-15)14-8(7-17)10(16)13/h7H,4-6H2,1-3H3. The number of carbonyl (C=O) groups is 2. The fourth-order valence-electron chi connectivity index (χ4n) is 1.87. The van der Waals surface area contributed by atoms with Crippen LogP contribution in [0.1, 0.15) is 37.1 Å². The van der Waals surface area contributed by atoms with Crippen LogP contribution in [0.4, 0.5) is 9.18 Å². The van der Waals surface area contributed by atoms with Crippen molar-refractivity contribution >= 4 is 12.4 Å². The fraction of sp³-hybridized carbons (Fsp3) is 0.583. The number of halogens is 1. The van der Waals surface area contributed by atoms with Crippen molar-refractivity contribution in [3.8, 4) is 0 Å². The minimum atomic E-state index is -0.645. The largest absolute Gasteiger partial charge is 0.444 e. The number of hydrogen-bond acceptors (Lipinski definition) is 4. The summed E-state index contributed by atoms with van der Waals surface area (Å²) in [5, 5.41) is 0. The van der Waals surface area contributed by atoms with Gasteiger partial charge in [-0.15, -0.1) is 0 Å². The van der Waals surface area contributed by atoms with Crippen LogP contribution in [0, 0.1) is 5.95 Å². The SMILES string of the molecule is CC(C)(C)OC(=O)N1CCn2c(nc(C=O)c2F)C1. The quantitative estimate of drug-likeness (QED) is 0.726. The number of ether oxygens (including phenoxy) is 1. The Morgan fingerprint density at radius 1 is 1.42 bits per heavy atom. The lowest BCUT2D eigenvalue weighted by Crippen LogP contribution is -2.41. The average molecular weight is 269 g/mol. The zero-order chi connectivity index (χ0) is 14.2. The molecule has 0 unspecified atom stereocenters. The molecule has 1 amide bonds. The van der Waals surface area contributed by atoms with Gasteiger partial charge in [0.15, 0.2) is 12.0 Å². The van der Waals surface area contributed by atoms with Crippen LogP contribution in [0.3, 0.4) is 0 Å². The lowest BCUT2D eigenvalue weighted by atomic mass is 10.2. The van der Waals surface area contributed by atoms with Crippen molar-refractivity contribution in [2.75, 3.05) is 6.54 Å². The summed E-state index contributed by atoms with van der Waals surface area (Å²) in [6.45, 7) is 6.06. The second-order valence-electron chi connectivity index (χ2n) is 5.38. The van der Waals surface area contributed by atoms with Gasteiger partial charge >= 0.3 is 6.09 Å². The highest BCUT2D eigenvalue weighted by molar-refractivity contribution is 5.72. The van der Waals surface area contributed by atoms with Gasteiger partial charge in [0.05, 0.1) is 6.54 Å². The van der Waals surface area contributed by atoms with E-state index in [2.05, 4.69) is 4.98 Å². The number of hydrogen-bond donors (Lipinski definition) is 0. The molecule has 0 radical (unpaired) electrons. The third-order valence-corrected chi connectivity index (χ3v) is 2.70. The van der Waals surface area contributed by atoms with Crippen LogP contribution in [-0.4, -0.2) is 39.0 Å². The zero-order valence-electron chi connectivity index (χ0n) is 11.1. The molecule has 0 saturated heterocycles. The molecule has 0 atom stereocenters. The molecule has 1 aliphatic heterocycles. The van der Waals surface area contributed by atoms with E-state index in [1.54, 1.807) is 20.8 Å². The predicted molar refractivity (Wildman–Crippen MR) is 64.2 cm³/mol. The number of carbonyl (C=O) groups excluding carboxylic acids is 2. The first-order valence-corrected chi connectivity index (χ1v) is 6.00. The molecule has 0 N–H and O–H groups in total. The Morgan fingerprint density at radius 2 is 2.11 bits per heavy atom. The number of imidazole rings is 1. The number of amides is 1. The number of fused-ring (bicyclic) bond motifs is 1. The van der Waals surface area contributed by atoms with Gasteiger partial charge in [-0.05, 0) is 20.8 Å². The van der Waals surface area contributed by atoms with E-state index in [-0.39, 0.29) is 18.8 Å². The van der Waals surface area contributed by atoms with E-state index < -0.39 is 17.6 Å². The molecule has 0 aliphatic carbocycles. The first kappa shape index (κ1) is 13.5. The molecule has 7 heteroatoms. The summed E-state index contributed by atoms with van der Waals surface area (Å²) >= 11 is 0. The summed E-state index contributed by atoms with van der Waals surface area (Å²) < 4.78 is 20.2. The van der Waals surface area contributed by atoms with Gasteiger partial charge < -0.3 is 9.30 Å². The first-order valence-electron chi connectivity index (χ1n) is 6.00. The molecular weight excluding hydrogens is 253 g/mol. The molecular formula is C12H16FN3O3. The summed E-state index contributed by atoms with van der Waals surface area (Å²) in [7, 11) is 0. The Labute approximate surface area is 110 Å². The molecule has 6 nitrogen and oxygen atoms in total.